The molecule has 1 aliphatic rings. The highest BCUT2D eigenvalue weighted by Gasteiger charge is 2.20. The van der Waals surface area contributed by atoms with Gasteiger partial charge in [0.1, 0.15) is 5.69 Å². The van der Waals surface area contributed by atoms with Crippen LogP contribution in [-0.2, 0) is 0 Å². The summed E-state index contributed by atoms with van der Waals surface area (Å²) in [5.41, 5.74) is 5.86. The lowest BCUT2D eigenvalue weighted by molar-refractivity contribution is 0.0948. The fourth-order valence-electron chi connectivity index (χ4n) is 1.28. The van der Waals surface area contributed by atoms with Crippen molar-refractivity contribution < 1.29 is 4.79 Å². The number of thiazole rings is 1. The van der Waals surface area contributed by atoms with Crippen molar-refractivity contribution in [3.8, 4) is 0 Å². The molecule has 0 bridgehead atoms. The maximum atomic E-state index is 11.4. The van der Waals surface area contributed by atoms with Gasteiger partial charge in [0, 0.05) is 11.9 Å². The molecule has 3 N–H and O–H groups in total. The van der Waals surface area contributed by atoms with Crippen molar-refractivity contribution >= 4 is 22.4 Å². The highest BCUT2D eigenvalue weighted by atomic mass is 32.1. The van der Waals surface area contributed by atoms with E-state index in [4.69, 9.17) is 5.73 Å². The van der Waals surface area contributed by atoms with E-state index in [0.717, 1.165) is 18.9 Å². The average molecular weight is 211 g/mol. The number of anilines is 1. The molecule has 0 unspecified atom stereocenters. The Morgan fingerprint density at radius 1 is 1.71 bits per heavy atom. The maximum Gasteiger partial charge on any atom is 0.270 e. The largest absolute Gasteiger partial charge is 0.375 e. The second kappa shape index (κ2) is 3.96. The molecular formula is C9H13N3OS. The summed E-state index contributed by atoms with van der Waals surface area (Å²) in [5.74, 6) is 0.731. The number of rotatable bonds is 4. The maximum absolute atomic E-state index is 11.4. The van der Waals surface area contributed by atoms with Gasteiger partial charge in [-0.2, -0.15) is 0 Å². The third-order valence-electron chi connectivity index (χ3n) is 2.29. The van der Waals surface area contributed by atoms with E-state index in [9.17, 15) is 4.79 Å². The highest BCUT2D eigenvalue weighted by molar-refractivity contribution is 7.13. The van der Waals surface area contributed by atoms with E-state index in [2.05, 4.69) is 10.3 Å². The van der Waals surface area contributed by atoms with Crippen LogP contribution in [0.2, 0.25) is 0 Å². The Kier molecular flexibility index (Phi) is 2.67. The van der Waals surface area contributed by atoms with Crippen LogP contribution >= 0.6 is 11.3 Å². The Balaban J connectivity index is 1.76. The molecule has 2 rings (SSSR count). The number of carbonyl (C=O) groups excluding carboxylic acids is 1. The Morgan fingerprint density at radius 3 is 3.07 bits per heavy atom. The van der Waals surface area contributed by atoms with E-state index in [-0.39, 0.29) is 5.91 Å². The van der Waals surface area contributed by atoms with Crippen molar-refractivity contribution in [1.82, 2.24) is 10.3 Å². The minimum atomic E-state index is -0.112. The van der Waals surface area contributed by atoms with Crippen molar-refractivity contribution in [2.45, 2.75) is 19.3 Å². The monoisotopic (exact) mass is 211 g/mol. The SMILES string of the molecule is Nc1nc(C(=O)NCCC2CC2)cs1. The molecule has 0 radical (unpaired) electrons. The summed E-state index contributed by atoms with van der Waals surface area (Å²) in [5, 5.41) is 4.96. The van der Waals surface area contributed by atoms with Gasteiger partial charge in [0.2, 0.25) is 0 Å². The lowest BCUT2D eigenvalue weighted by atomic mass is 10.3. The zero-order valence-corrected chi connectivity index (χ0v) is 8.64. The van der Waals surface area contributed by atoms with Crippen LogP contribution in [0, 0.1) is 5.92 Å². The van der Waals surface area contributed by atoms with Crippen molar-refractivity contribution in [2.24, 2.45) is 5.92 Å². The first-order valence-electron chi connectivity index (χ1n) is 4.75. The molecular weight excluding hydrogens is 198 g/mol. The molecule has 0 saturated heterocycles. The molecule has 1 heterocycles. The molecule has 1 amide bonds. The lowest BCUT2D eigenvalue weighted by Gasteiger charge is -2.00. The predicted octanol–water partition coefficient (Wildman–Crippen LogP) is 1.26. The summed E-state index contributed by atoms with van der Waals surface area (Å²) < 4.78 is 0. The molecule has 14 heavy (non-hydrogen) atoms. The first kappa shape index (κ1) is 9.45. The van der Waals surface area contributed by atoms with Gasteiger partial charge < -0.3 is 11.1 Å². The number of nitrogen functional groups attached to an aromatic ring is 1. The second-order valence-electron chi connectivity index (χ2n) is 3.56. The van der Waals surface area contributed by atoms with Crippen LogP contribution in [0.4, 0.5) is 5.13 Å². The molecule has 1 saturated carbocycles. The Labute approximate surface area is 86.5 Å². The fourth-order valence-corrected chi connectivity index (χ4v) is 1.82. The fraction of sp³-hybridized carbons (Fsp3) is 0.556. The van der Waals surface area contributed by atoms with Crippen LogP contribution in [0.15, 0.2) is 5.38 Å². The topological polar surface area (TPSA) is 68.0 Å². The molecule has 1 aromatic rings. The van der Waals surface area contributed by atoms with Crippen molar-refractivity contribution in [3.05, 3.63) is 11.1 Å². The van der Waals surface area contributed by atoms with Crippen LogP contribution in [0.5, 0.6) is 0 Å². The normalized spacial score (nSPS) is 15.4. The third-order valence-corrected chi connectivity index (χ3v) is 2.96. The number of amides is 1. The molecule has 1 aliphatic carbocycles. The predicted molar refractivity (Wildman–Crippen MR) is 56.2 cm³/mol. The van der Waals surface area contributed by atoms with Gasteiger partial charge in [-0.05, 0) is 12.3 Å². The number of carbonyl (C=O) groups is 1. The van der Waals surface area contributed by atoms with E-state index in [0.29, 0.717) is 10.8 Å². The van der Waals surface area contributed by atoms with Crippen LogP contribution < -0.4 is 11.1 Å². The van der Waals surface area contributed by atoms with Crippen LogP contribution in [-0.4, -0.2) is 17.4 Å². The molecule has 1 aromatic heterocycles. The Morgan fingerprint density at radius 2 is 2.50 bits per heavy atom. The second-order valence-corrected chi connectivity index (χ2v) is 4.45. The van der Waals surface area contributed by atoms with Gasteiger partial charge >= 0.3 is 0 Å². The molecule has 0 aliphatic heterocycles. The van der Waals surface area contributed by atoms with E-state index in [1.165, 1.54) is 24.2 Å². The van der Waals surface area contributed by atoms with Gasteiger partial charge in [-0.25, -0.2) is 4.98 Å². The Bertz CT molecular complexity index is 333. The quantitative estimate of drug-likeness (QED) is 0.787. The molecule has 76 valence electrons. The minimum absolute atomic E-state index is 0.112. The molecule has 0 aromatic carbocycles. The van der Waals surface area contributed by atoms with Crippen molar-refractivity contribution in [3.63, 3.8) is 0 Å². The zero-order valence-electron chi connectivity index (χ0n) is 7.82. The van der Waals surface area contributed by atoms with Crippen LogP contribution in [0.1, 0.15) is 29.8 Å². The van der Waals surface area contributed by atoms with Gasteiger partial charge in [0.15, 0.2) is 5.13 Å². The minimum Gasteiger partial charge on any atom is -0.375 e. The number of hydrogen-bond donors (Lipinski definition) is 2. The zero-order chi connectivity index (χ0) is 9.97. The van der Waals surface area contributed by atoms with Gasteiger partial charge in [-0.15, -0.1) is 11.3 Å². The smallest absolute Gasteiger partial charge is 0.270 e. The summed E-state index contributed by atoms with van der Waals surface area (Å²) in [7, 11) is 0. The van der Waals surface area contributed by atoms with E-state index < -0.39 is 0 Å². The average Bonchev–Trinajstić information content (AvgIpc) is 2.87. The van der Waals surface area contributed by atoms with Crippen molar-refractivity contribution in [1.29, 1.82) is 0 Å². The van der Waals surface area contributed by atoms with Gasteiger partial charge in [0.25, 0.3) is 5.91 Å². The lowest BCUT2D eigenvalue weighted by Crippen LogP contribution is -2.25. The first-order valence-corrected chi connectivity index (χ1v) is 5.63. The molecule has 0 spiro atoms. The number of nitrogens with zero attached hydrogens (tertiary/aromatic N) is 1. The number of aromatic nitrogens is 1. The molecule has 4 nitrogen and oxygen atoms in total. The summed E-state index contributed by atoms with van der Waals surface area (Å²) in [4.78, 5) is 15.3. The molecule has 1 fully saturated rings. The number of nitrogens with two attached hydrogens (primary N) is 1. The van der Waals surface area contributed by atoms with Crippen LogP contribution in [0.3, 0.4) is 0 Å². The molecule has 5 heteroatoms. The number of nitrogens with one attached hydrogen (secondary N) is 1. The number of hydrogen-bond acceptors (Lipinski definition) is 4. The van der Waals surface area contributed by atoms with E-state index >= 15 is 0 Å². The highest BCUT2D eigenvalue weighted by Crippen LogP contribution is 2.31. The third kappa shape index (κ3) is 2.45. The van der Waals surface area contributed by atoms with E-state index in [1.54, 1.807) is 5.38 Å². The first-order chi connectivity index (χ1) is 6.75. The summed E-state index contributed by atoms with van der Waals surface area (Å²) in [6, 6.07) is 0. The standard InChI is InChI=1S/C9H13N3OS/c10-9-12-7(5-14-9)8(13)11-4-3-6-1-2-6/h5-6H,1-4H2,(H2,10,12)(H,11,13). The van der Waals surface area contributed by atoms with Crippen LogP contribution in [0.25, 0.3) is 0 Å². The van der Waals surface area contributed by atoms with Gasteiger partial charge in [-0.3, -0.25) is 4.79 Å². The van der Waals surface area contributed by atoms with Crippen molar-refractivity contribution in [2.75, 3.05) is 12.3 Å². The van der Waals surface area contributed by atoms with Gasteiger partial charge in [0.05, 0.1) is 0 Å². The van der Waals surface area contributed by atoms with E-state index in [1.807, 2.05) is 0 Å². The summed E-state index contributed by atoms with van der Waals surface area (Å²) >= 11 is 1.29. The summed E-state index contributed by atoms with van der Waals surface area (Å²) in [6.07, 6.45) is 3.73. The summed E-state index contributed by atoms with van der Waals surface area (Å²) in [6.45, 7) is 0.751. The molecule has 0 atom stereocenters. The Hall–Kier alpha value is -1.10. The van der Waals surface area contributed by atoms with Gasteiger partial charge in [-0.1, -0.05) is 12.8 Å².